The van der Waals surface area contributed by atoms with Gasteiger partial charge in [0.05, 0.1) is 11.1 Å². The summed E-state index contributed by atoms with van der Waals surface area (Å²) in [4.78, 5) is 23.0. The summed E-state index contributed by atoms with van der Waals surface area (Å²) >= 11 is 1.37. The van der Waals surface area contributed by atoms with Gasteiger partial charge in [0.1, 0.15) is 17.6 Å². The Morgan fingerprint density at radius 3 is 3.07 bits per heavy atom. The van der Waals surface area contributed by atoms with Crippen molar-refractivity contribution in [3.05, 3.63) is 70.9 Å². The fourth-order valence-corrected chi connectivity index (χ4v) is 4.43. The smallest absolute Gasteiger partial charge is 0.238 e. The number of benzene rings is 1. The zero-order valence-electron chi connectivity index (χ0n) is 14.3. The quantitative estimate of drug-likeness (QED) is 0.551. The zero-order chi connectivity index (χ0) is 19.0. The lowest BCUT2D eigenvalue weighted by Crippen LogP contribution is -2.25. The van der Waals surface area contributed by atoms with E-state index in [9.17, 15) is 9.18 Å². The van der Waals surface area contributed by atoms with Gasteiger partial charge in [0.2, 0.25) is 5.78 Å². The molecule has 0 saturated carbocycles. The molecule has 3 heterocycles. The number of H-pyrrole nitrogens is 1. The molecule has 3 aromatic rings. The van der Waals surface area contributed by atoms with E-state index >= 15 is 0 Å². The molecule has 0 fully saturated rings. The van der Waals surface area contributed by atoms with E-state index in [1.807, 2.05) is 12.1 Å². The number of halogens is 1. The molecule has 0 bridgehead atoms. The Kier molecular flexibility index (Phi) is 4.34. The normalized spacial score (nSPS) is 12.7. The molecule has 134 valence electrons. The first-order valence-corrected chi connectivity index (χ1v) is 9.20. The predicted octanol–water partition coefficient (Wildman–Crippen LogP) is 3.93. The molecule has 2 aromatic heterocycles. The molecule has 0 unspecified atom stereocenters. The molecular formula is C20H15FN4OS. The minimum absolute atomic E-state index is 0.149. The van der Waals surface area contributed by atoms with Gasteiger partial charge < -0.3 is 9.88 Å². The van der Waals surface area contributed by atoms with Crippen LogP contribution in [-0.2, 0) is 6.42 Å². The number of aromatic nitrogens is 2. The monoisotopic (exact) mass is 378 g/mol. The fraction of sp³-hybridized carbons (Fsp3) is 0.150. The van der Waals surface area contributed by atoms with E-state index in [-0.39, 0.29) is 23.1 Å². The molecule has 0 amide bonds. The average Bonchev–Trinajstić information content (AvgIpc) is 3.29. The lowest BCUT2D eigenvalue weighted by Gasteiger charge is -2.23. The van der Waals surface area contributed by atoms with Gasteiger partial charge in [0.15, 0.2) is 5.82 Å². The summed E-state index contributed by atoms with van der Waals surface area (Å²) in [5, 5.41) is 8.90. The van der Waals surface area contributed by atoms with E-state index in [0.717, 1.165) is 28.1 Å². The maximum Gasteiger partial charge on any atom is 0.238 e. The van der Waals surface area contributed by atoms with Crippen LogP contribution in [0.5, 0.6) is 0 Å². The number of anilines is 1. The van der Waals surface area contributed by atoms with Crippen molar-refractivity contribution in [2.75, 3.05) is 18.0 Å². The third-order valence-corrected chi connectivity index (χ3v) is 5.70. The van der Waals surface area contributed by atoms with Crippen molar-refractivity contribution < 1.29 is 9.18 Å². The first kappa shape index (κ1) is 17.2. The highest BCUT2D eigenvalue weighted by molar-refractivity contribution is 7.17. The second-order valence-corrected chi connectivity index (χ2v) is 7.25. The van der Waals surface area contributed by atoms with Gasteiger partial charge in [-0.3, -0.25) is 4.79 Å². The minimum atomic E-state index is -0.293. The summed E-state index contributed by atoms with van der Waals surface area (Å²) < 4.78 is 13.9. The molecule has 0 radical (unpaired) electrons. The van der Waals surface area contributed by atoms with E-state index in [0.29, 0.717) is 18.0 Å². The number of hydrogen-bond donors (Lipinski definition) is 1. The SMILES string of the molecule is C=CCN1CCc2cc(C(=O)c3ncc(C#N)[nH]3)sc2-c2ccc(F)cc21. The topological polar surface area (TPSA) is 72.8 Å². The fourth-order valence-electron chi connectivity index (χ4n) is 3.24. The number of thiophene rings is 1. The third-order valence-electron chi connectivity index (χ3n) is 4.49. The van der Waals surface area contributed by atoms with Gasteiger partial charge in [-0.1, -0.05) is 6.08 Å². The molecule has 0 spiro atoms. The highest BCUT2D eigenvalue weighted by Crippen LogP contribution is 2.42. The van der Waals surface area contributed by atoms with Crippen molar-refractivity contribution in [3.8, 4) is 16.5 Å². The van der Waals surface area contributed by atoms with Gasteiger partial charge in [0.25, 0.3) is 0 Å². The first-order chi connectivity index (χ1) is 13.1. The lowest BCUT2D eigenvalue weighted by molar-refractivity contribution is 0.103. The molecule has 1 N–H and O–H groups in total. The molecular weight excluding hydrogens is 363 g/mol. The lowest BCUT2D eigenvalue weighted by atomic mass is 10.1. The summed E-state index contributed by atoms with van der Waals surface area (Å²) in [6, 6.07) is 8.53. The van der Waals surface area contributed by atoms with Crippen LogP contribution in [0.25, 0.3) is 10.4 Å². The van der Waals surface area contributed by atoms with Crippen LogP contribution in [0, 0.1) is 17.1 Å². The number of carbonyl (C=O) groups excluding carboxylic acids is 1. The molecule has 1 aliphatic rings. The average molecular weight is 378 g/mol. The molecule has 1 aromatic carbocycles. The van der Waals surface area contributed by atoms with E-state index in [2.05, 4.69) is 21.4 Å². The van der Waals surface area contributed by atoms with E-state index in [1.165, 1.54) is 29.7 Å². The van der Waals surface area contributed by atoms with Crippen LogP contribution in [0.1, 0.15) is 26.8 Å². The van der Waals surface area contributed by atoms with Gasteiger partial charge in [0, 0.05) is 29.2 Å². The molecule has 27 heavy (non-hydrogen) atoms. The van der Waals surface area contributed by atoms with Crippen molar-refractivity contribution >= 4 is 22.8 Å². The minimum Gasteiger partial charge on any atom is -0.367 e. The Morgan fingerprint density at radius 1 is 1.48 bits per heavy atom. The molecule has 7 heteroatoms. The van der Waals surface area contributed by atoms with Gasteiger partial charge in [-0.15, -0.1) is 17.9 Å². The molecule has 0 saturated heterocycles. The molecule has 0 aliphatic carbocycles. The summed E-state index contributed by atoms with van der Waals surface area (Å²) in [6.07, 6.45) is 3.88. The number of carbonyl (C=O) groups is 1. The predicted molar refractivity (Wildman–Crippen MR) is 103 cm³/mol. The van der Waals surface area contributed by atoms with Gasteiger partial charge in [-0.2, -0.15) is 5.26 Å². The van der Waals surface area contributed by atoms with Crippen LogP contribution in [0.3, 0.4) is 0 Å². The number of aromatic amines is 1. The number of hydrogen-bond acceptors (Lipinski definition) is 5. The number of rotatable bonds is 4. The van der Waals surface area contributed by atoms with Crippen LogP contribution in [0.15, 0.2) is 43.1 Å². The van der Waals surface area contributed by atoms with E-state index in [1.54, 1.807) is 12.1 Å². The summed E-state index contributed by atoms with van der Waals surface area (Å²) in [5.74, 6) is -0.393. The number of imidazole rings is 1. The second-order valence-electron chi connectivity index (χ2n) is 6.20. The van der Waals surface area contributed by atoms with Crippen LogP contribution in [0.2, 0.25) is 0 Å². The van der Waals surface area contributed by atoms with Gasteiger partial charge in [-0.25, -0.2) is 9.37 Å². The zero-order valence-corrected chi connectivity index (χ0v) is 15.1. The highest BCUT2D eigenvalue weighted by atomic mass is 32.1. The van der Waals surface area contributed by atoms with Crippen molar-refractivity contribution in [2.45, 2.75) is 6.42 Å². The summed E-state index contributed by atoms with van der Waals surface area (Å²) in [6.45, 7) is 5.12. The third kappa shape index (κ3) is 3.04. The number of fused-ring (bicyclic) bond motifs is 3. The van der Waals surface area contributed by atoms with E-state index < -0.39 is 0 Å². The van der Waals surface area contributed by atoms with Crippen LogP contribution < -0.4 is 4.90 Å². The first-order valence-electron chi connectivity index (χ1n) is 8.39. The van der Waals surface area contributed by atoms with Crippen LogP contribution in [-0.4, -0.2) is 28.8 Å². The van der Waals surface area contributed by atoms with Crippen molar-refractivity contribution in [3.63, 3.8) is 0 Å². The van der Waals surface area contributed by atoms with Crippen molar-refractivity contribution in [1.82, 2.24) is 9.97 Å². The second kappa shape index (κ2) is 6.82. The Balaban J connectivity index is 1.78. The largest absolute Gasteiger partial charge is 0.367 e. The van der Waals surface area contributed by atoms with Gasteiger partial charge >= 0.3 is 0 Å². The maximum atomic E-state index is 13.9. The maximum absolute atomic E-state index is 13.9. The van der Waals surface area contributed by atoms with Crippen LogP contribution in [0.4, 0.5) is 10.1 Å². The van der Waals surface area contributed by atoms with Crippen molar-refractivity contribution in [1.29, 1.82) is 5.26 Å². The standard InChI is InChI=1S/C20H15FN4OS/c1-2-6-25-7-5-12-8-17(18(26)20-23-11-14(10-22)24-20)27-19(12)15-4-3-13(21)9-16(15)25/h2-4,8-9,11H,1,5-7H2,(H,23,24). The summed E-state index contributed by atoms with van der Waals surface area (Å²) in [7, 11) is 0. The molecule has 1 aliphatic heterocycles. The van der Waals surface area contributed by atoms with E-state index in [4.69, 9.17) is 5.26 Å². The number of nitriles is 1. The number of nitrogens with one attached hydrogen (secondary N) is 1. The molecule has 5 nitrogen and oxygen atoms in total. The summed E-state index contributed by atoms with van der Waals surface area (Å²) in [5.41, 5.74) is 3.01. The number of nitrogens with zero attached hydrogens (tertiary/aromatic N) is 3. The number of ketones is 1. The highest BCUT2D eigenvalue weighted by Gasteiger charge is 2.25. The Morgan fingerprint density at radius 2 is 2.33 bits per heavy atom. The Bertz CT molecular complexity index is 1090. The Labute approximate surface area is 159 Å². The van der Waals surface area contributed by atoms with Crippen molar-refractivity contribution in [2.24, 2.45) is 0 Å². The molecule has 0 atom stereocenters. The van der Waals surface area contributed by atoms with Gasteiger partial charge in [-0.05, 0) is 36.2 Å². The Hall–Kier alpha value is -3.24. The van der Waals surface area contributed by atoms with Crippen LogP contribution >= 0.6 is 11.3 Å². The molecule has 4 rings (SSSR count).